The molecule has 0 fully saturated rings. The molecule has 1 atom stereocenters. The van der Waals surface area contributed by atoms with Crippen molar-refractivity contribution in [2.24, 2.45) is 0 Å². The van der Waals surface area contributed by atoms with E-state index in [9.17, 15) is 4.79 Å². The molecule has 2 aliphatic carbocycles. The van der Waals surface area contributed by atoms with Crippen LogP contribution in [0.2, 0.25) is 0 Å². The van der Waals surface area contributed by atoms with Gasteiger partial charge in [0, 0.05) is 0 Å². The number of ketones is 1. The van der Waals surface area contributed by atoms with Crippen LogP contribution < -0.4 is 4.74 Å². The van der Waals surface area contributed by atoms with E-state index >= 15 is 0 Å². The van der Waals surface area contributed by atoms with Crippen LogP contribution in [0.3, 0.4) is 0 Å². The van der Waals surface area contributed by atoms with E-state index in [1.54, 1.807) is 13.2 Å². The molecule has 0 aliphatic heterocycles. The van der Waals surface area contributed by atoms with E-state index in [0.29, 0.717) is 0 Å². The number of fused-ring (bicyclic) bond motifs is 4. The maximum absolute atomic E-state index is 13.1. The topological polar surface area (TPSA) is 26.3 Å². The minimum absolute atomic E-state index is 0.0716. The Kier molecular flexibility index (Phi) is 2.84. The number of rotatable bonds is 1. The van der Waals surface area contributed by atoms with Gasteiger partial charge in [-0.05, 0) is 52.3 Å². The maximum Gasteiger partial charge on any atom is 0.170 e. The van der Waals surface area contributed by atoms with Crippen molar-refractivity contribution < 1.29 is 9.53 Å². The van der Waals surface area contributed by atoms with Gasteiger partial charge >= 0.3 is 0 Å². The fourth-order valence-electron chi connectivity index (χ4n) is 4.37. The summed E-state index contributed by atoms with van der Waals surface area (Å²) in [5, 5.41) is 0. The molecule has 0 saturated heterocycles. The van der Waals surface area contributed by atoms with Crippen molar-refractivity contribution in [2.75, 3.05) is 7.11 Å². The van der Waals surface area contributed by atoms with Gasteiger partial charge < -0.3 is 4.74 Å². The Morgan fingerprint density at radius 1 is 0.957 bits per heavy atom. The summed E-state index contributed by atoms with van der Waals surface area (Å²) in [6.45, 7) is 4.43. The number of allylic oxidation sites excluding steroid dienone is 1. The molecule has 2 aromatic rings. The first-order valence-electron chi connectivity index (χ1n) is 8.00. The van der Waals surface area contributed by atoms with E-state index in [2.05, 4.69) is 38.1 Å². The van der Waals surface area contributed by atoms with Crippen LogP contribution in [-0.4, -0.2) is 12.9 Å². The number of hydrogen-bond donors (Lipinski definition) is 0. The third kappa shape index (κ3) is 1.78. The monoisotopic (exact) mass is 304 g/mol. The van der Waals surface area contributed by atoms with E-state index in [-0.39, 0.29) is 11.2 Å². The largest absolute Gasteiger partial charge is 0.497 e. The molecule has 1 spiro atoms. The smallest absolute Gasteiger partial charge is 0.170 e. The highest BCUT2D eigenvalue weighted by atomic mass is 16.5. The van der Waals surface area contributed by atoms with Gasteiger partial charge in [-0.3, -0.25) is 4.79 Å². The maximum atomic E-state index is 13.1. The zero-order valence-electron chi connectivity index (χ0n) is 13.7. The SMILES string of the molecule is COc1ccc2c(c1)C(C)(C)CC21C(=O)C=Cc2ccccc21. The molecule has 116 valence electrons. The van der Waals surface area contributed by atoms with Gasteiger partial charge in [-0.25, -0.2) is 0 Å². The van der Waals surface area contributed by atoms with Crippen molar-refractivity contribution in [3.63, 3.8) is 0 Å². The quantitative estimate of drug-likeness (QED) is 0.787. The van der Waals surface area contributed by atoms with Crippen LogP contribution in [0.5, 0.6) is 5.75 Å². The Morgan fingerprint density at radius 3 is 2.52 bits per heavy atom. The van der Waals surface area contributed by atoms with Crippen LogP contribution >= 0.6 is 0 Å². The second kappa shape index (κ2) is 4.58. The first-order valence-corrected chi connectivity index (χ1v) is 8.00. The number of carbonyl (C=O) groups excluding carboxylic acids is 1. The van der Waals surface area contributed by atoms with Crippen LogP contribution in [0.15, 0.2) is 48.5 Å². The van der Waals surface area contributed by atoms with Crippen molar-refractivity contribution in [3.8, 4) is 5.75 Å². The van der Waals surface area contributed by atoms with Gasteiger partial charge in [0.25, 0.3) is 0 Å². The van der Waals surface area contributed by atoms with E-state index in [0.717, 1.165) is 28.9 Å². The van der Waals surface area contributed by atoms with Crippen LogP contribution in [0.1, 0.15) is 42.5 Å². The third-order valence-electron chi connectivity index (χ3n) is 5.38. The van der Waals surface area contributed by atoms with Crippen molar-refractivity contribution in [3.05, 3.63) is 70.8 Å². The minimum Gasteiger partial charge on any atom is -0.497 e. The van der Waals surface area contributed by atoms with Crippen LogP contribution in [0.25, 0.3) is 6.08 Å². The predicted molar refractivity (Wildman–Crippen MR) is 91.9 cm³/mol. The van der Waals surface area contributed by atoms with Gasteiger partial charge in [-0.2, -0.15) is 0 Å². The first-order chi connectivity index (χ1) is 11.0. The lowest BCUT2D eigenvalue weighted by atomic mass is 9.67. The summed E-state index contributed by atoms with van der Waals surface area (Å²) < 4.78 is 5.41. The standard InChI is InChI=1S/C21H20O2/c1-20(2)13-21(17-10-9-15(23-3)12-18(17)20)16-7-5-4-6-14(16)8-11-19(21)22/h4-12H,13H2,1-3H3. The molecule has 2 heteroatoms. The predicted octanol–water partition coefficient (Wildman–Crippen LogP) is 4.26. The van der Waals surface area contributed by atoms with E-state index in [1.807, 2.05) is 24.3 Å². The number of hydrogen-bond acceptors (Lipinski definition) is 2. The van der Waals surface area contributed by atoms with Crippen molar-refractivity contribution in [2.45, 2.75) is 31.1 Å². The van der Waals surface area contributed by atoms with Gasteiger partial charge in [0.05, 0.1) is 12.5 Å². The van der Waals surface area contributed by atoms with Gasteiger partial charge in [-0.1, -0.05) is 50.3 Å². The van der Waals surface area contributed by atoms with E-state index in [1.165, 1.54) is 5.56 Å². The first kappa shape index (κ1) is 14.3. The molecule has 0 N–H and O–H groups in total. The lowest BCUT2D eigenvalue weighted by molar-refractivity contribution is -0.118. The summed E-state index contributed by atoms with van der Waals surface area (Å²) in [7, 11) is 1.68. The molecule has 23 heavy (non-hydrogen) atoms. The Balaban J connectivity index is 2.05. The summed E-state index contributed by atoms with van der Waals surface area (Å²) in [6, 6.07) is 14.4. The molecule has 0 radical (unpaired) electrons. The Labute approximate surface area is 136 Å². The molecule has 2 aliphatic rings. The number of methoxy groups -OCH3 is 1. The Morgan fingerprint density at radius 2 is 1.74 bits per heavy atom. The van der Waals surface area contributed by atoms with Crippen molar-refractivity contribution in [1.82, 2.24) is 0 Å². The fourth-order valence-corrected chi connectivity index (χ4v) is 4.37. The average Bonchev–Trinajstić information content (AvgIpc) is 2.80. The van der Waals surface area contributed by atoms with Crippen LogP contribution in [0, 0.1) is 0 Å². The molecule has 0 aromatic heterocycles. The Bertz CT molecular complexity index is 845. The molecule has 0 bridgehead atoms. The highest BCUT2D eigenvalue weighted by Crippen LogP contribution is 2.56. The van der Waals surface area contributed by atoms with Gasteiger partial charge in [0.1, 0.15) is 5.75 Å². The van der Waals surface area contributed by atoms with E-state index < -0.39 is 5.41 Å². The van der Waals surface area contributed by atoms with Crippen molar-refractivity contribution >= 4 is 11.9 Å². The lowest BCUT2D eigenvalue weighted by Gasteiger charge is -2.34. The molecular weight excluding hydrogens is 284 g/mol. The molecule has 1 unspecified atom stereocenters. The van der Waals surface area contributed by atoms with E-state index in [4.69, 9.17) is 4.74 Å². The minimum atomic E-state index is -0.559. The van der Waals surface area contributed by atoms with Crippen molar-refractivity contribution in [1.29, 1.82) is 0 Å². The molecule has 0 heterocycles. The number of carbonyl (C=O) groups is 1. The highest BCUT2D eigenvalue weighted by molar-refractivity contribution is 6.08. The van der Waals surface area contributed by atoms with Crippen LogP contribution in [-0.2, 0) is 15.6 Å². The normalized spacial score (nSPS) is 23.7. The zero-order valence-corrected chi connectivity index (χ0v) is 13.7. The molecule has 0 saturated carbocycles. The molecular formula is C21H20O2. The zero-order chi connectivity index (χ0) is 16.2. The average molecular weight is 304 g/mol. The second-order valence-electron chi connectivity index (χ2n) is 7.16. The highest BCUT2D eigenvalue weighted by Gasteiger charge is 2.54. The Hall–Kier alpha value is -2.35. The summed E-state index contributed by atoms with van der Waals surface area (Å²) in [5.41, 5.74) is 3.99. The number of benzene rings is 2. The van der Waals surface area contributed by atoms with Crippen LogP contribution in [0.4, 0.5) is 0 Å². The number of ether oxygens (including phenoxy) is 1. The summed E-state index contributed by atoms with van der Waals surface area (Å²) >= 11 is 0. The fraction of sp³-hybridized carbons (Fsp3) is 0.286. The van der Waals surface area contributed by atoms with Gasteiger partial charge in [-0.15, -0.1) is 0 Å². The van der Waals surface area contributed by atoms with Gasteiger partial charge in [0.15, 0.2) is 5.78 Å². The summed E-state index contributed by atoms with van der Waals surface area (Å²) in [6.07, 6.45) is 4.48. The molecule has 2 aromatic carbocycles. The lowest BCUT2D eigenvalue weighted by Crippen LogP contribution is -2.37. The second-order valence-corrected chi connectivity index (χ2v) is 7.16. The summed E-state index contributed by atoms with van der Waals surface area (Å²) in [4.78, 5) is 13.1. The van der Waals surface area contributed by atoms with Gasteiger partial charge in [0.2, 0.25) is 0 Å². The molecule has 4 rings (SSSR count). The summed E-state index contributed by atoms with van der Waals surface area (Å²) in [5.74, 6) is 1.04. The third-order valence-corrected chi connectivity index (χ3v) is 5.38. The molecule has 0 amide bonds. The molecule has 2 nitrogen and oxygen atoms in total.